The van der Waals surface area contributed by atoms with Gasteiger partial charge in [-0.25, -0.2) is 4.79 Å². The van der Waals surface area contributed by atoms with Crippen LogP contribution in [0.4, 0.5) is 0 Å². The maximum atomic E-state index is 11.6. The molecule has 1 saturated carbocycles. The van der Waals surface area contributed by atoms with Crippen molar-refractivity contribution in [2.24, 2.45) is 5.16 Å². The summed E-state index contributed by atoms with van der Waals surface area (Å²) in [6, 6.07) is 13.0. The van der Waals surface area contributed by atoms with E-state index in [9.17, 15) is 9.90 Å². The van der Waals surface area contributed by atoms with E-state index in [1.165, 1.54) is 26.2 Å². The molecule has 2 aromatic carbocycles. The first-order chi connectivity index (χ1) is 14.6. The zero-order valence-electron chi connectivity index (χ0n) is 17.3. The number of benzene rings is 2. The third kappa shape index (κ3) is 5.63. The minimum absolute atomic E-state index is 0.0854. The number of rotatable bonds is 9. The van der Waals surface area contributed by atoms with E-state index >= 15 is 0 Å². The van der Waals surface area contributed by atoms with E-state index < -0.39 is 5.97 Å². The molecule has 1 N–H and O–H groups in total. The molecule has 0 aliphatic heterocycles. The molecular formula is C24H27NO5. The van der Waals surface area contributed by atoms with E-state index in [0.29, 0.717) is 5.56 Å². The summed E-state index contributed by atoms with van der Waals surface area (Å²) in [6.07, 6.45) is 7.77. The van der Waals surface area contributed by atoms with Gasteiger partial charge in [0, 0.05) is 0 Å². The monoisotopic (exact) mass is 409 g/mol. The largest absolute Gasteiger partial charge is 0.503 e. The summed E-state index contributed by atoms with van der Waals surface area (Å²) in [5.41, 5.74) is 3.32. The first-order valence-corrected chi connectivity index (χ1v) is 10.1. The first-order valence-electron chi connectivity index (χ1n) is 10.1. The first kappa shape index (κ1) is 21.4. The molecule has 0 aromatic heterocycles. The number of hydrogen-bond acceptors (Lipinski definition) is 5. The van der Waals surface area contributed by atoms with Gasteiger partial charge in [0.15, 0.2) is 0 Å². The van der Waals surface area contributed by atoms with E-state index in [2.05, 4.69) is 5.16 Å². The third-order valence-electron chi connectivity index (χ3n) is 5.07. The lowest BCUT2D eigenvalue weighted by Gasteiger charge is -2.13. The van der Waals surface area contributed by atoms with Gasteiger partial charge in [0.1, 0.15) is 24.0 Å². The maximum absolute atomic E-state index is 11.6. The Hall–Kier alpha value is -3.28. The van der Waals surface area contributed by atoms with Crippen molar-refractivity contribution in [3.8, 4) is 5.75 Å². The molecule has 6 nitrogen and oxygen atoms in total. The highest BCUT2D eigenvalue weighted by Gasteiger charge is 2.16. The van der Waals surface area contributed by atoms with Gasteiger partial charge in [-0.05, 0) is 73.1 Å². The number of carboxylic acid groups (broad SMARTS) is 1. The molecule has 0 bridgehead atoms. The fourth-order valence-electron chi connectivity index (χ4n) is 3.50. The summed E-state index contributed by atoms with van der Waals surface area (Å²) in [5.74, 6) is -0.324. The predicted molar refractivity (Wildman–Crippen MR) is 116 cm³/mol. The number of carboxylic acids is 1. The van der Waals surface area contributed by atoms with Gasteiger partial charge in [-0.2, -0.15) is 0 Å². The number of carbonyl (C=O) groups is 1. The van der Waals surface area contributed by atoms with Crippen molar-refractivity contribution in [1.82, 2.24) is 0 Å². The van der Waals surface area contributed by atoms with E-state index in [0.717, 1.165) is 35.3 Å². The molecule has 3 rings (SSSR count). The fraction of sp³-hybridized carbons (Fsp3) is 0.333. The van der Waals surface area contributed by atoms with Crippen molar-refractivity contribution < 1.29 is 24.2 Å². The Morgan fingerprint density at radius 1 is 1.20 bits per heavy atom. The molecule has 0 amide bonds. The molecule has 158 valence electrons. The van der Waals surface area contributed by atoms with Gasteiger partial charge in [-0.15, -0.1) is 0 Å². The van der Waals surface area contributed by atoms with E-state index in [1.54, 1.807) is 18.3 Å². The van der Waals surface area contributed by atoms with Crippen LogP contribution in [0.15, 0.2) is 53.9 Å². The van der Waals surface area contributed by atoms with Gasteiger partial charge in [0.05, 0.1) is 19.6 Å². The highest BCUT2D eigenvalue weighted by molar-refractivity contribution is 6.15. The average Bonchev–Trinajstić information content (AvgIpc) is 3.25. The summed E-state index contributed by atoms with van der Waals surface area (Å²) in [4.78, 5) is 17.1. The molecule has 0 unspecified atom stereocenters. The van der Waals surface area contributed by atoms with Crippen molar-refractivity contribution in [2.45, 2.75) is 45.3 Å². The van der Waals surface area contributed by atoms with Crippen LogP contribution in [0.5, 0.6) is 5.75 Å². The molecule has 0 atom stereocenters. The number of ether oxygens (including phenoxy) is 2. The lowest BCUT2D eigenvalue weighted by atomic mass is 10.0. The van der Waals surface area contributed by atoms with Crippen LogP contribution in [-0.2, 0) is 21.0 Å². The number of aryl methyl sites for hydroxylation is 1. The molecule has 1 aliphatic rings. The highest BCUT2D eigenvalue weighted by Crippen LogP contribution is 2.24. The van der Waals surface area contributed by atoms with Crippen molar-refractivity contribution >= 4 is 17.8 Å². The maximum Gasteiger partial charge on any atom is 0.339 e. The average molecular weight is 409 g/mol. The summed E-state index contributed by atoms with van der Waals surface area (Å²) in [6.45, 7) is 2.20. The standard InChI is InChI=1S/C24H27NO5/c1-17-13-18(14-25-30-20-8-4-5-9-20)11-12-23(17)29-15-19-7-3-6-10-21(19)22(16-28-2)24(26)27/h3,6-7,10-14,16,20H,4-5,8-9,15H2,1-2H3,(H,26,27). The van der Waals surface area contributed by atoms with E-state index in [4.69, 9.17) is 14.3 Å². The van der Waals surface area contributed by atoms with Crippen molar-refractivity contribution in [3.63, 3.8) is 0 Å². The van der Waals surface area contributed by atoms with Crippen LogP contribution in [0.1, 0.15) is 47.9 Å². The highest BCUT2D eigenvalue weighted by atomic mass is 16.6. The molecule has 0 radical (unpaired) electrons. The molecule has 0 heterocycles. The van der Waals surface area contributed by atoms with Crippen molar-refractivity contribution in [3.05, 3.63) is 71.0 Å². The molecule has 6 heteroatoms. The Balaban J connectivity index is 1.67. The lowest BCUT2D eigenvalue weighted by molar-refractivity contribution is -0.130. The number of methoxy groups -OCH3 is 1. The van der Waals surface area contributed by atoms with E-state index in [1.807, 2.05) is 37.3 Å². The Labute approximate surface area is 176 Å². The van der Waals surface area contributed by atoms with Crippen molar-refractivity contribution in [2.75, 3.05) is 7.11 Å². The molecule has 30 heavy (non-hydrogen) atoms. The number of hydrogen-bond donors (Lipinski definition) is 1. The molecule has 0 spiro atoms. The van der Waals surface area contributed by atoms with Gasteiger partial charge in [0.2, 0.25) is 0 Å². The summed E-state index contributed by atoms with van der Waals surface area (Å²) in [7, 11) is 1.43. The number of oxime groups is 1. The quantitative estimate of drug-likeness (QED) is 0.275. The summed E-state index contributed by atoms with van der Waals surface area (Å²) >= 11 is 0. The van der Waals surface area contributed by atoms with Crippen LogP contribution in [0.2, 0.25) is 0 Å². The lowest BCUT2D eigenvalue weighted by Crippen LogP contribution is -2.06. The summed E-state index contributed by atoms with van der Waals surface area (Å²) < 4.78 is 10.9. The molecule has 1 fully saturated rings. The fourth-order valence-corrected chi connectivity index (χ4v) is 3.50. The minimum Gasteiger partial charge on any atom is -0.503 e. The minimum atomic E-state index is -1.05. The summed E-state index contributed by atoms with van der Waals surface area (Å²) in [5, 5.41) is 13.6. The van der Waals surface area contributed by atoms with Gasteiger partial charge >= 0.3 is 5.97 Å². The van der Waals surface area contributed by atoms with E-state index in [-0.39, 0.29) is 18.3 Å². The topological polar surface area (TPSA) is 77.4 Å². The second-order valence-electron chi connectivity index (χ2n) is 7.29. The Morgan fingerprint density at radius 3 is 2.67 bits per heavy atom. The second kappa shape index (κ2) is 10.5. The Bertz CT molecular complexity index is 929. The SMILES string of the molecule is COC=C(C(=O)O)c1ccccc1COc1ccc(C=NOC2CCCC2)cc1C. The van der Waals surface area contributed by atoms with Crippen molar-refractivity contribution in [1.29, 1.82) is 0 Å². The Kier molecular flexibility index (Phi) is 7.49. The van der Waals surface area contributed by atoms with Gasteiger partial charge in [0.25, 0.3) is 0 Å². The van der Waals surface area contributed by atoms with Gasteiger partial charge in [-0.1, -0.05) is 29.4 Å². The molecule has 2 aromatic rings. The van der Waals surface area contributed by atoms with Crippen LogP contribution in [0, 0.1) is 6.92 Å². The molecule has 1 aliphatic carbocycles. The number of aliphatic carboxylic acids is 1. The molecular weight excluding hydrogens is 382 g/mol. The normalized spacial score (nSPS) is 14.8. The van der Waals surface area contributed by atoms with Crippen LogP contribution in [0.25, 0.3) is 5.57 Å². The third-order valence-corrected chi connectivity index (χ3v) is 5.07. The van der Waals surface area contributed by atoms with Gasteiger partial charge in [-0.3, -0.25) is 0 Å². The second-order valence-corrected chi connectivity index (χ2v) is 7.29. The Morgan fingerprint density at radius 2 is 1.97 bits per heavy atom. The van der Waals surface area contributed by atoms with Crippen LogP contribution in [-0.4, -0.2) is 30.5 Å². The van der Waals surface area contributed by atoms with Crippen LogP contribution < -0.4 is 4.74 Å². The molecule has 0 saturated heterocycles. The van der Waals surface area contributed by atoms with Gasteiger partial charge < -0.3 is 19.4 Å². The zero-order chi connectivity index (χ0) is 21.3. The predicted octanol–water partition coefficient (Wildman–Crippen LogP) is 4.94. The zero-order valence-corrected chi connectivity index (χ0v) is 17.3. The van der Waals surface area contributed by atoms with Crippen LogP contribution >= 0.6 is 0 Å². The number of nitrogens with zero attached hydrogens (tertiary/aromatic N) is 1. The van der Waals surface area contributed by atoms with Crippen LogP contribution in [0.3, 0.4) is 0 Å². The smallest absolute Gasteiger partial charge is 0.339 e.